The zero-order valence-corrected chi connectivity index (χ0v) is 22.2. The van der Waals surface area contributed by atoms with Crippen molar-refractivity contribution in [2.45, 2.75) is 38.1 Å². The van der Waals surface area contributed by atoms with E-state index >= 15 is 0 Å². The number of anilines is 1. The van der Waals surface area contributed by atoms with Gasteiger partial charge in [0, 0.05) is 42.6 Å². The van der Waals surface area contributed by atoms with E-state index < -0.39 is 0 Å². The first-order valence-electron chi connectivity index (χ1n) is 13.8. The minimum atomic E-state index is -0.296. The number of rotatable bonds is 6. The van der Waals surface area contributed by atoms with Crippen LogP contribution < -0.4 is 15.4 Å². The van der Waals surface area contributed by atoms with Crippen LogP contribution in [0, 0.1) is 5.82 Å². The third kappa shape index (κ3) is 5.81. The molecule has 2 aliphatic heterocycles. The molecule has 2 aromatic heterocycles. The summed E-state index contributed by atoms with van der Waals surface area (Å²) >= 11 is 0. The number of hydrogen-bond donors (Lipinski definition) is 2. The first-order valence-corrected chi connectivity index (χ1v) is 13.8. The molecule has 2 amide bonds. The summed E-state index contributed by atoms with van der Waals surface area (Å²) in [4.78, 5) is 28.3. The molecule has 10 heteroatoms. The highest BCUT2D eigenvalue weighted by Crippen LogP contribution is 2.35. The van der Waals surface area contributed by atoms with Gasteiger partial charge in [-0.2, -0.15) is 4.98 Å². The number of carbonyl (C=O) groups is 1. The zero-order chi connectivity index (χ0) is 27.3. The number of imidazole rings is 1. The molecule has 4 heterocycles. The standard InChI is InChI=1S/C30H32FN7O2/c31-22-9-7-21(8-10-22)27-28(38(20-34-27)24-11-14-32-15-12-24)26-13-16-33-29(36-26)40-25-6-4-5-23(19-25)35-30(39)37-17-2-1-3-18-37/h4-10,13,16,19-20,24,32H,1-3,11-12,14-15,17-18H2,(H,35,39). The normalized spacial score (nSPS) is 16.1. The van der Waals surface area contributed by atoms with Gasteiger partial charge in [0.2, 0.25) is 0 Å². The monoisotopic (exact) mass is 541 g/mol. The average molecular weight is 542 g/mol. The number of likely N-dealkylation sites (tertiary alicyclic amines) is 1. The van der Waals surface area contributed by atoms with Crippen LogP contribution in [0.15, 0.2) is 67.1 Å². The molecule has 2 aliphatic rings. The first-order chi connectivity index (χ1) is 19.6. The van der Waals surface area contributed by atoms with Crippen molar-refractivity contribution in [2.24, 2.45) is 0 Å². The smallest absolute Gasteiger partial charge is 0.322 e. The molecule has 2 fully saturated rings. The second-order valence-corrected chi connectivity index (χ2v) is 10.2. The van der Waals surface area contributed by atoms with Gasteiger partial charge in [-0.15, -0.1) is 0 Å². The lowest BCUT2D eigenvalue weighted by Gasteiger charge is -2.26. The van der Waals surface area contributed by atoms with Crippen LogP contribution >= 0.6 is 0 Å². The summed E-state index contributed by atoms with van der Waals surface area (Å²) in [5, 5.41) is 6.38. The van der Waals surface area contributed by atoms with Crippen LogP contribution in [-0.4, -0.2) is 56.6 Å². The quantitative estimate of drug-likeness (QED) is 0.316. The number of carbonyl (C=O) groups excluding carboxylic acids is 1. The number of aromatic nitrogens is 4. The third-order valence-corrected chi connectivity index (χ3v) is 7.43. The van der Waals surface area contributed by atoms with Gasteiger partial charge in [0.05, 0.1) is 23.4 Å². The number of halogens is 1. The first kappa shape index (κ1) is 25.9. The van der Waals surface area contributed by atoms with Crippen molar-refractivity contribution >= 4 is 11.7 Å². The van der Waals surface area contributed by atoms with Crippen LogP contribution in [0.3, 0.4) is 0 Å². The van der Waals surface area contributed by atoms with E-state index in [0.29, 0.717) is 17.1 Å². The Kier molecular flexibility index (Phi) is 7.67. The Labute approximate surface area is 232 Å². The Morgan fingerprint density at radius 1 is 1.00 bits per heavy atom. The summed E-state index contributed by atoms with van der Waals surface area (Å²) in [6.45, 7) is 3.40. The van der Waals surface area contributed by atoms with E-state index in [4.69, 9.17) is 14.7 Å². The molecule has 0 aliphatic carbocycles. The highest BCUT2D eigenvalue weighted by molar-refractivity contribution is 5.89. The molecule has 40 heavy (non-hydrogen) atoms. The van der Waals surface area contributed by atoms with Crippen molar-refractivity contribution in [3.05, 3.63) is 72.9 Å². The van der Waals surface area contributed by atoms with Crippen molar-refractivity contribution in [3.8, 4) is 34.4 Å². The van der Waals surface area contributed by atoms with Gasteiger partial charge in [-0.1, -0.05) is 6.07 Å². The summed E-state index contributed by atoms with van der Waals surface area (Å²) in [7, 11) is 0. The van der Waals surface area contributed by atoms with E-state index in [1.165, 1.54) is 12.1 Å². The Hall–Kier alpha value is -4.31. The molecule has 206 valence electrons. The largest absolute Gasteiger partial charge is 0.424 e. The number of hydrogen-bond acceptors (Lipinski definition) is 6. The topological polar surface area (TPSA) is 97.2 Å². The maximum Gasteiger partial charge on any atom is 0.322 e. The number of ether oxygens (including phenoxy) is 1. The van der Waals surface area contributed by atoms with Crippen molar-refractivity contribution in [1.29, 1.82) is 0 Å². The Morgan fingerprint density at radius 3 is 2.60 bits per heavy atom. The third-order valence-electron chi connectivity index (χ3n) is 7.43. The number of nitrogens with zero attached hydrogens (tertiary/aromatic N) is 5. The summed E-state index contributed by atoms with van der Waals surface area (Å²) in [5.41, 5.74) is 3.68. The van der Waals surface area contributed by atoms with E-state index in [1.54, 1.807) is 30.5 Å². The lowest BCUT2D eigenvalue weighted by atomic mass is 10.0. The lowest BCUT2D eigenvalue weighted by Crippen LogP contribution is -2.38. The number of amides is 2. The summed E-state index contributed by atoms with van der Waals surface area (Å²) in [6, 6.07) is 15.7. The van der Waals surface area contributed by atoms with Gasteiger partial charge in [-0.05, 0) is 87.7 Å². The second-order valence-electron chi connectivity index (χ2n) is 10.2. The highest BCUT2D eigenvalue weighted by atomic mass is 19.1. The SMILES string of the molecule is O=C(Nc1cccc(Oc2nccc(-c3c(-c4ccc(F)cc4)ncn3C3CCNCC3)n2)c1)N1CCCCC1. The molecule has 4 aromatic rings. The zero-order valence-electron chi connectivity index (χ0n) is 22.2. The minimum Gasteiger partial charge on any atom is -0.424 e. The fourth-order valence-electron chi connectivity index (χ4n) is 5.36. The van der Waals surface area contributed by atoms with Crippen LogP contribution in [0.2, 0.25) is 0 Å². The molecule has 0 bridgehead atoms. The summed E-state index contributed by atoms with van der Waals surface area (Å²) in [5.74, 6) is 0.217. The highest BCUT2D eigenvalue weighted by Gasteiger charge is 2.24. The van der Waals surface area contributed by atoms with Crippen LogP contribution in [0.5, 0.6) is 11.8 Å². The predicted molar refractivity (Wildman–Crippen MR) is 151 cm³/mol. The molecule has 6 rings (SSSR count). The average Bonchev–Trinajstić information content (AvgIpc) is 3.44. The predicted octanol–water partition coefficient (Wildman–Crippen LogP) is 5.88. The van der Waals surface area contributed by atoms with Gasteiger partial charge in [0.1, 0.15) is 11.6 Å². The van der Waals surface area contributed by atoms with E-state index in [2.05, 4.69) is 20.2 Å². The molecule has 2 N–H and O–H groups in total. The van der Waals surface area contributed by atoms with Gasteiger partial charge in [-0.25, -0.2) is 19.2 Å². The Balaban J connectivity index is 1.27. The van der Waals surface area contributed by atoms with Crippen molar-refractivity contribution in [1.82, 2.24) is 29.7 Å². The summed E-state index contributed by atoms with van der Waals surface area (Å²) in [6.07, 6.45) is 8.67. The van der Waals surface area contributed by atoms with Crippen molar-refractivity contribution in [3.63, 3.8) is 0 Å². The number of piperidine rings is 2. The van der Waals surface area contributed by atoms with Crippen LogP contribution in [0.4, 0.5) is 14.9 Å². The van der Waals surface area contributed by atoms with Crippen molar-refractivity contribution < 1.29 is 13.9 Å². The minimum absolute atomic E-state index is 0.102. The molecular formula is C30H32FN7O2. The van der Waals surface area contributed by atoms with Gasteiger partial charge < -0.3 is 24.8 Å². The van der Waals surface area contributed by atoms with Gasteiger partial charge in [-0.3, -0.25) is 0 Å². The van der Waals surface area contributed by atoms with Gasteiger partial charge >= 0.3 is 12.0 Å². The van der Waals surface area contributed by atoms with Crippen molar-refractivity contribution in [2.75, 3.05) is 31.5 Å². The molecule has 0 saturated carbocycles. The molecule has 2 saturated heterocycles. The fourth-order valence-corrected chi connectivity index (χ4v) is 5.36. The Bertz CT molecular complexity index is 1460. The molecular weight excluding hydrogens is 509 g/mol. The van der Waals surface area contributed by atoms with Crippen LogP contribution in [0.25, 0.3) is 22.6 Å². The van der Waals surface area contributed by atoms with E-state index in [9.17, 15) is 9.18 Å². The number of urea groups is 1. The summed E-state index contributed by atoms with van der Waals surface area (Å²) < 4.78 is 21.9. The molecule has 0 radical (unpaired) electrons. The van der Waals surface area contributed by atoms with E-state index in [0.717, 1.165) is 75.2 Å². The maximum absolute atomic E-state index is 13.7. The van der Waals surface area contributed by atoms with Crippen LogP contribution in [-0.2, 0) is 0 Å². The van der Waals surface area contributed by atoms with E-state index in [1.807, 2.05) is 29.4 Å². The molecule has 9 nitrogen and oxygen atoms in total. The van der Waals surface area contributed by atoms with Crippen LogP contribution in [0.1, 0.15) is 38.1 Å². The maximum atomic E-state index is 13.7. The molecule has 0 spiro atoms. The Morgan fingerprint density at radius 2 is 1.80 bits per heavy atom. The fraction of sp³-hybridized carbons (Fsp3) is 0.333. The van der Waals surface area contributed by atoms with E-state index in [-0.39, 0.29) is 23.9 Å². The lowest BCUT2D eigenvalue weighted by molar-refractivity contribution is 0.200. The molecule has 0 unspecified atom stereocenters. The molecule has 0 atom stereocenters. The molecule has 2 aromatic carbocycles. The van der Waals surface area contributed by atoms with Gasteiger partial charge in [0.15, 0.2) is 0 Å². The number of benzene rings is 2. The second kappa shape index (κ2) is 11.8. The van der Waals surface area contributed by atoms with Gasteiger partial charge in [0.25, 0.3) is 0 Å². The number of nitrogens with one attached hydrogen (secondary N) is 2.